The lowest BCUT2D eigenvalue weighted by Crippen LogP contribution is -2.60. The fourth-order valence-electron chi connectivity index (χ4n) is 10.1. The maximum absolute atomic E-state index is 13.8. The molecule has 2 aromatic carbocycles. The van der Waals surface area contributed by atoms with Crippen molar-refractivity contribution < 1.29 is 33.5 Å². The first kappa shape index (κ1) is 53.7. The highest BCUT2D eigenvalue weighted by atomic mass is 32.2. The van der Waals surface area contributed by atoms with Crippen LogP contribution in [0, 0.1) is 0 Å². The molecule has 4 heterocycles. The number of hydrogen-bond acceptors (Lipinski definition) is 10. The molecule has 370 valence electrons. The Balaban J connectivity index is 0.000000261. The maximum atomic E-state index is 13.8. The van der Waals surface area contributed by atoms with E-state index in [0.29, 0.717) is 25.0 Å². The molecule has 2 unspecified atom stereocenters. The Kier molecular flexibility index (Phi) is 19.1. The lowest BCUT2D eigenvalue weighted by Gasteiger charge is -2.41. The minimum Gasteiger partial charge on any atom is -0.444 e. The van der Waals surface area contributed by atoms with Gasteiger partial charge < -0.3 is 36.2 Å². The quantitative estimate of drug-likeness (QED) is 0.218. The van der Waals surface area contributed by atoms with Crippen LogP contribution in [0.1, 0.15) is 154 Å². The molecular formula is C51H77N7O7S2. The normalized spacial score (nSPS) is 27.3. The molecule has 0 spiro atoms. The molecule has 14 nitrogen and oxygen atoms in total. The number of carbonyl (C=O) groups excluding carboxylic acids is 6. The van der Waals surface area contributed by atoms with Crippen molar-refractivity contribution in [1.82, 2.24) is 30.7 Å². The number of ether oxygens (including phenoxy) is 1. The van der Waals surface area contributed by atoms with E-state index >= 15 is 0 Å². The van der Waals surface area contributed by atoms with E-state index in [1.54, 1.807) is 61.0 Å². The zero-order valence-electron chi connectivity index (χ0n) is 38.7. The first-order valence-corrected chi connectivity index (χ1v) is 25.9. The predicted octanol–water partition coefficient (Wildman–Crippen LogP) is 7.39. The van der Waals surface area contributed by atoms with Gasteiger partial charge >= 0.3 is 6.09 Å². The third-order valence-electron chi connectivity index (χ3n) is 13.7. The molecule has 0 bridgehead atoms. The highest BCUT2D eigenvalue weighted by Crippen LogP contribution is 2.37. The van der Waals surface area contributed by atoms with Crippen molar-refractivity contribution in [2.45, 2.75) is 191 Å². The van der Waals surface area contributed by atoms with Crippen LogP contribution >= 0.6 is 23.5 Å². The number of likely N-dealkylation sites (N-methyl/N-ethyl adjacent to an activating group) is 1. The summed E-state index contributed by atoms with van der Waals surface area (Å²) in [5, 5.41) is 9.37. The van der Waals surface area contributed by atoms with E-state index in [9.17, 15) is 28.8 Å². The summed E-state index contributed by atoms with van der Waals surface area (Å²) < 4.78 is 5.38. The zero-order valence-corrected chi connectivity index (χ0v) is 40.4. The molecule has 6 amide bonds. The molecule has 4 fully saturated rings. The van der Waals surface area contributed by atoms with Gasteiger partial charge in [-0.1, -0.05) is 63.4 Å². The van der Waals surface area contributed by atoms with Gasteiger partial charge in [-0.2, -0.15) is 0 Å². The molecule has 9 atom stereocenters. The molecule has 2 aromatic rings. The van der Waals surface area contributed by atoms with E-state index in [1.165, 1.54) is 28.6 Å². The number of benzene rings is 2. The number of piperidine rings is 2. The lowest BCUT2D eigenvalue weighted by molar-refractivity contribution is -0.146. The number of nitrogens with one attached hydrogen (secondary N) is 3. The molecule has 0 radical (unpaired) electrons. The van der Waals surface area contributed by atoms with Crippen LogP contribution in [0.2, 0.25) is 0 Å². The molecular weight excluding hydrogens is 887 g/mol. The standard InChI is InChI=1S/C29H42N4O5S.C20H27N3O2S.2CH4/c1-18(32(5)28(37)38-29(2,3)4)25(34)31-22-16-17-39-24-15-9-14-23(33(24)27(22)36)26(35)30-21-13-8-11-19-10-6-7-12-20(19)21;21-15-11-12-26-18-10-4-9-17(23(18)20(15)25)19(24)22-16-8-3-6-13-5-1-2-7-14(13)16;;/h6-7,10,12,18,21-24H,8-9,11,13-17H2,1-5H3,(H,30,35)(H,31,34);1-2,5,7,15-18H,3-4,6,8-12,21H2,(H,22,24);2*1H4/t18-,21+,22-,23?,24-;15-,16+,17?,18-;;/m00../s1. The van der Waals surface area contributed by atoms with Crippen molar-refractivity contribution in [2.24, 2.45) is 5.73 Å². The van der Waals surface area contributed by atoms with Crippen molar-refractivity contribution in [3.8, 4) is 0 Å². The van der Waals surface area contributed by atoms with E-state index in [2.05, 4.69) is 46.3 Å². The lowest BCUT2D eigenvalue weighted by atomic mass is 9.87. The van der Waals surface area contributed by atoms with E-state index in [-0.39, 0.29) is 67.4 Å². The van der Waals surface area contributed by atoms with Gasteiger partial charge in [0.05, 0.1) is 28.9 Å². The fraction of sp³-hybridized carbons (Fsp3) is 0.647. The first-order valence-electron chi connectivity index (χ1n) is 23.8. The summed E-state index contributed by atoms with van der Waals surface area (Å²) in [6, 6.07) is 13.6. The molecule has 2 aliphatic carbocycles. The average molecular weight is 964 g/mol. The minimum absolute atomic E-state index is 0. The third kappa shape index (κ3) is 12.9. The Bertz CT molecular complexity index is 2070. The molecule has 4 saturated heterocycles. The van der Waals surface area contributed by atoms with Gasteiger partial charge in [0.25, 0.3) is 0 Å². The number of nitrogens with two attached hydrogens (primary N) is 1. The van der Waals surface area contributed by atoms with E-state index in [4.69, 9.17) is 10.5 Å². The molecule has 6 aliphatic rings. The van der Waals surface area contributed by atoms with E-state index < -0.39 is 41.8 Å². The predicted molar refractivity (Wildman–Crippen MR) is 268 cm³/mol. The number of fused-ring (bicyclic) bond motifs is 4. The van der Waals surface area contributed by atoms with E-state index in [1.807, 2.05) is 18.2 Å². The van der Waals surface area contributed by atoms with Gasteiger partial charge in [0.15, 0.2) is 0 Å². The van der Waals surface area contributed by atoms with Crippen LogP contribution in [0.4, 0.5) is 4.79 Å². The van der Waals surface area contributed by atoms with Crippen LogP contribution in [-0.4, -0.2) is 115 Å². The second kappa shape index (κ2) is 23.8. The second-order valence-electron chi connectivity index (χ2n) is 19.4. The largest absolute Gasteiger partial charge is 0.444 e. The molecule has 8 rings (SSSR count). The maximum Gasteiger partial charge on any atom is 0.410 e. The van der Waals surface area contributed by atoms with Crippen LogP contribution in [0.3, 0.4) is 0 Å². The number of amides is 6. The van der Waals surface area contributed by atoms with Gasteiger partial charge in [-0.05, 0) is 151 Å². The van der Waals surface area contributed by atoms with Crippen LogP contribution in [0.25, 0.3) is 0 Å². The second-order valence-corrected chi connectivity index (χ2v) is 21.9. The monoisotopic (exact) mass is 964 g/mol. The average Bonchev–Trinajstić information content (AvgIpc) is 3.54. The Morgan fingerprint density at radius 1 is 0.672 bits per heavy atom. The van der Waals surface area contributed by atoms with Crippen LogP contribution in [0.5, 0.6) is 0 Å². The van der Waals surface area contributed by atoms with Crippen molar-refractivity contribution >= 4 is 59.2 Å². The zero-order chi connectivity index (χ0) is 46.4. The van der Waals surface area contributed by atoms with Crippen LogP contribution in [0.15, 0.2) is 48.5 Å². The first-order chi connectivity index (χ1) is 31.1. The van der Waals surface area contributed by atoms with Gasteiger partial charge in [0, 0.05) is 7.05 Å². The SMILES string of the molecule is C.C.C[C@@H](C(=O)N[C@H]1CCS[C@H]2CCCC(C(=O)N[C@@H]3CCCc4ccccc43)N2C1=O)N(C)C(=O)OC(C)(C)C.N[C@H]1CCS[C@H]2CCCC(C(=O)N[C@@H]3CCCc4ccccc43)N2C1=O. The highest BCUT2D eigenvalue weighted by molar-refractivity contribution is 8.00. The van der Waals surface area contributed by atoms with E-state index in [0.717, 1.165) is 81.9 Å². The van der Waals surface area contributed by atoms with Crippen molar-refractivity contribution in [3.63, 3.8) is 0 Å². The summed E-state index contributed by atoms with van der Waals surface area (Å²) in [5.74, 6) is 0.733. The minimum atomic E-state index is -0.828. The van der Waals surface area contributed by atoms with Gasteiger partial charge in [-0.25, -0.2) is 4.79 Å². The van der Waals surface area contributed by atoms with Gasteiger partial charge in [0.1, 0.15) is 29.8 Å². The van der Waals surface area contributed by atoms with Crippen LogP contribution in [-0.2, 0) is 41.6 Å². The Labute approximate surface area is 407 Å². The number of aryl methyl sites for hydroxylation is 2. The number of carbonyl (C=O) groups is 6. The summed E-state index contributed by atoms with van der Waals surface area (Å²) in [6.07, 6.45) is 11.5. The van der Waals surface area contributed by atoms with Crippen molar-refractivity contribution in [2.75, 3.05) is 18.6 Å². The molecule has 67 heavy (non-hydrogen) atoms. The molecule has 0 aromatic heterocycles. The molecule has 16 heteroatoms. The summed E-state index contributed by atoms with van der Waals surface area (Å²) in [6.45, 7) is 6.90. The number of nitrogens with zero attached hydrogens (tertiary/aromatic N) is 3. The van der Waals surface area contributed by atoms with Crippen molar-refractivity contribution in [3.05, 3.63) is 70.8 Å². The molecule has 0 saturated carbocycles. The Morgan fingerprint density at radius 3 is 1.66 bits per heavy atom. The Morgan fingerprint density at radius 2 is 1.15 bits per heavy atom. The number of hydrogen-bond donors (Lipinski definition) is 4. The van der Waals surface area contributed by atoms with Gasteiger partial charge in [-0.15, -0.1) is 23.5 Å². The summed E-state index contributed by atoms with van der Waals surface area (Å²) >= 11 is 3.45. The molecule has 4 aliphatic heterocycles. The van der Waals surface area contributed by atoms with Crippen LogP contribution < -0.4 is 21.7 Å². The molecule has 5 N–H and O–H groups in total. The van der Waals surface area contributed by atoms with Gasteiger partial charge in [-0.3, -0.25) is 28.9 Å². The number of thioether (sulfide) groups is 2. The third-order valence-corrected chi connectivity index (χ3v) is 16.3. The highest BCUT2D eigenvalue weighted by Gasteiger charge is 2.45. The summed E-state index contributed by atoms with van der Waals surface area (Å²) in [4.78, 5) is 83.8. The number of rotatable bonds is 7. The summed E-state index contributed by atoms with van der Waals surface area (Å²) in [7, 11) is 1.51. The Hall–Kier alpha value is -4.28. The topological polar surface area (TPSA) is 183 Å². The fourth-order valence-corrected chi connectivity index (χ4v) is 12.9. The summed E-state index contributed by atoms with van der Waals surface area (Å²) in [5.41, 5.74) is 10.4. The van der Waals surface area contributed by atoms with Gasteiger partial charge in [0.2, 0.25) is 29.5 Å². The van der Waals surface area contributed by atoms with Crippen molar-refractivity contribution in [1.29, 1.82) is 0 Å². The smallest absolute Gasteiger partial charge is 0.410 e.